The van der Waals surface area contributed by atoms with Crippen LogP contribution in [0.5, 0.6) is 0 Å². The zero-order chi connectivity index (χ0) is 10.6. The molecular weight excluding hydrogens is 178 g/mol. The number of hydrogen-bond donors (Lipinski definition) is 1. The van der Waals surface area contributed by atoms with E-state index in [2.05, 4.69) is 5.32 Å². The van der Waals surface area contributed by atoms with Crippen molar-refractivity contribution in [2.24, 2.45) is 5.92 Å². The normalized spacial score (nSPS) is 20.1. The third-order valence-corrected chi connectivity index (χ3v) is 2.94. The van der Waals surface area contributed by atoms with Gasteiger partial charge in [-0.1, -0.05) is 19.3 Å². The Morgan fingerprint density at radius 2 is 1.79 bits per heavy atom. The molecule has 1 fully saturated rings. The van der Waals surface area contributed by atoms with E-state index >= 15 is 0 Å². The lowest BCUT2D eigenvalue weighted by atomic mass is 9.88. The van der Waals surface area contributed by atoms with Crippen molar-refractivity contribution in [2.45, 2.75) is 52.0 Å². The molecule has 3 heteroatoms. The van der Waals surface area contributed by atoms with Crippen molar-refractivity contribution in [2.75, 3.05) is 0 Å². The largest absolute Gasteiger partial charge is 0.346 e. The molecule has 0 unspecified atom stereocenters. The summed E-state index contributed by atoms with van der Waals surface area (Å²) < 4.78 is 0. The van der Waals surface area contributed by atoms with Gasteiger partial charge >= 0.3 is 0 Å². The Morgan fingerprint density at radius 1 is 1.21 bits per heavy atom. The molecule has 0 saturated heterocycles. The summed E-state index contributed by atoms with van der Waals surface area (Å²) in [6.07, 6.45) is 5.50. The first kappa shape index (κ1) is 11.2. The Kier molecular flexibility index (Phi) is 4.11. The Bertz CT molecular complexity index is 219. The molecule has 1 rings (SSSR count). The quantitative estimate of drug-likeness (QED) is 0.748. The fourth-order valence-electron chi connectivity index (χ4n) is 1.80. The maximum atomic E-state index is 11.6. The molecule has 1 atom stereocenters. The molecule has 1 N–H and O–H groups in total. The molecule has 80 valence electrons. The number of amides is 1. The van der Waals surface area contributed by atoms with Crippen molar-refractivity contribution in [3.63, 3.8) is 0 Å². The highest BCUT2D eigenvalue weighted by Gasteiger charge is 2.22. The molecule has 0 aromatic carbocycles. The summed E-state index contributed by atoms with van der Waals surface area (Å²) in [4.78, 5) is 22.6. The molecule has 0 spiro atoms. The first-order valence-corrected chi connectivity index (χ1v) is 5.42. The molecule has 0 bridgehead atoms. The highest BCUT2D eigenvalue weighted by molar-refractivity contribution is 5.87. The van der Waals surface area contributed by atoms with Crippen molar-refractivity contribution < 1.29 is 9.59 Å². The highest BCUT2D eigenvalue weighted by atomic mass is 16.2. The number of hydrogen-bond acceptors (Lipinski definition) is 2. The fourth-order valence-corrected chi connectivity index (χ4v) is 1.80. The summed E-state index contributed by atoms with van der Waals surface area (Å²) >= 11 is 0. The lowest BCUT2D eigenvalue weighted by Crippen LogP contribution is -2.41. The summed E-state index contributed by atoms with van der Waals surface area (Å²) in [7, 11) is 0. The average molecular weight is 197 g/mol. The van der Waals surface area contributed by atoms with Crippen molar-refractivity contribution in [1.82, 2.24) is 5.32 Å². The van der Waals surface area contributed by atoms with E-state index in [4.69, 9.17) is 0 Å². The van der Waals surface area contributed by atoms with E-state index in [0.717, 1.165) is 25.7 Å². The van der Waals surface area contributed by atoms with Crippen LogP contribution in [0.2, 0.25) is 0 Å². The second-order valence-electron chi connectivity index (χ2n) is 4.18. The molecule has 0 aliphatic heterocycles. The first-order valence-electron chi connectivity index (χ1n) is 5.42. The predicted molar refractivity (Wildman–Crippen MR) is 54.9 cm³/mol. The van der Waals surface area contributed by atoms with Crippen molar-refractivity contribution in [1.29, 1.82) is 0 Å². The van der Waals surface area contributed by atoms with Gasteiger partial charge in [-0.3, -0.25) is 9.59 Å². The Hall–Kier alpha value is -0.860. The number of Topliss-reactive ketones (excluding diaryl/α,β-unsaturated/α-hetero) is 1. The molecule has 1 amide bonds. The zero-order valence-corrected chi connectivity index (χ0v) is 9.01. The van der Waals surface area contributed by atoms with Gasteiger partial charge < -0.3 is 5.32 Å². The average Bonchev–Trinajstić information content (AvgIpc) is 2.19. The Morgan fingerprint density at radius 3 is 2.29 bits per heavy atom. The number of rotatable bonds is 3. The molecule has 1 aliphatic rings. The van der Waals surface area contributed by atoms with Gasteiger partial charge in [0.25, 0.3) is 0 Å². The van der Waals surface area contributed by atoms with Crippen LogP contribution in [-0.4, -0.2) is 17.7 Å². The van der Waals surface area contributed by atoms with Crippen molar-refractivity contribution in [3.05, 3.63) is 0 Å². The summed E-state index contributed by atoms with van der Waals surface area (Å²) in [6, 6.07) is -0.329. The lowest BCUT2D eigenvalue weighted by Gasteiger charge is -2.22. The summed E-state index contributed by atoms with van der Waals surface area (Å²) in [6.45, 7) is 3.24. The van der Waals surface area contributed by atoms with E-state index in [1.165, 1.54) is 13.3 Å². The third-order valence-electron chi connectivity index (χ3n) is 2.94. The summed E-state index contributed by atoms with van der Waals surface area (Å²) in [5.74, 6) is 0.229. The number of ketones is 1. The van der Waals surface area contributed by atoms with Crippen LogP contribution in [0, 0.1) is 5.92 Å². The number of carbonyl (C=O) groups excluding carboxylic acids is 2. The second-order valence-corrected chi connectivity index (χ2v) is 4.18. The standard InChI is InChI=1S/C11H19NO2/c1-8(9(2)13)12-11(14)10-6-4-3-5-7-10/h8,10H,3-7H2,1-2H3,(H,12,14)/t8-/m1/s1. The van der Waals surface area contributed by atoms with E-state index in [0.29, 0.717) is 0 Å². The summed E-state index contributed by atoms with van der Waals surface area (Å²) in [5.41, 5.74) is 0. The molecular formula is C11H19NO2. The van der Waals surface area contributed by atoms with Gasteiger partial charge in [0.05, 0.1) is 6.04 Å². The van der Waals surface area contributed by atoms with Gasteiger partial charge in [0.2, 0.25) is 5.91 Å². The highest BCUT2D eigenvalue weighted by Crippen LogP contribution is 2.23. The van der Waals surface area contributed by atoms with Crippen LogP contribution in [0.3, 0.4) is 0 Å². The van der Waals surface area contributed by atoms with Gasteiger partial charge in [-0.2, -0.15) is 0 Å². The van der Waals surface area contributed by atoms with Gasteiger partial charge in [0.1, 0.15) is 0 Å². The van der Waals surface area contributed by atoms with E-state index in [-0.39, 0.29) is 23.7 Å². The number of nitrogens with one attached hydrogen (secondary N) is 1. The molecule has 14 heavy (non-hydrogen) atoms. The van der Waals surface area contributed by atoms with Gasteiger partial charge in [0.15, 0.2) is 5.78 Å². The van der Waals surface area contributed by atoms with Crippen LogP contribution in [0.25, 0.3) is 0 Å². The summed E-state index contributed by atoms with van der Waals surface area (Å²) in [5, 5.41) is 2.76. The molecule has 1 aliphatic carbocycles. The lowest BCUT2D eigenvalue weighted by molar-refractivity contribution is -0.129. The third kappa shape index (κ3) is 3.13. The zero-order valence-electron chi connectivity index (χ0n) is 9.01. The Labute approximate surface area is 85.3 Å². The van der Waals surface area contributed by atoms with Crippen LogP contribution in [0.4, 0.5) is 0 Å². The molecule has 1 saturated carbocycles. The van der Waals surface area contributed by atoms with E-state index in [1.54, 1.807) is 6.92 Å². The van der Waals surface area contributed by atoms with Gasteiger partial charge in [0, 0.05) is 5.92 Å². The maximum absolute atomic E-state index is 11.6. The van der Waals surface area contributed by atoms with Crippen molar-refractivity contribution >= 4 is 11.7 Å². The van der Waals surface area contributed by atoms with Crippen LogP contribution in [-0.2, 0) is 9.59 Å². The second kappa shape index (κ2) is 5.13. The molecule has 3 nitrogen and oxygen atoms in total. The minimum atomic E-state index is -0.329. The molecule has 0 aromatic heterocycles. The smallest absolute Gasteiger partial charge is 0.223 e. The molecule has 0 radical (unpaired) electrons. The van der Waals surface area contributed by atoms with Gasteiger partial charge in [-0.25, -0.2) is 0 Å². The monoisotopic (exact) mass is 197 g/mol. The Balaban J connectivity index is 2.36. The molecule has 0 heterocycles. The number of carbonyl (C=O) groups is 2. The first-order chi connectivity index (χ1) is 6.61. The maximum Gasteiger partial charge on any atom is 0.223 e. The van der Waals surface area contributed by atoms with Crippen molar-refractivity contribution in [3.8, 4) is 0 Å². The fraction of sp³-hybridized carbons (Fsp3) is 0.818. The van der Waals surface area contributed by atoms with E-state index in [9.17, 15) is 9.59 Å². The topological polar surface area (TPSA) is 46.2 Å². The van der Waals surface area contributed by atoms with E-state index in [1.807, 2.05) is 0 Å². The molecule has 0 aromatic rings. The minimum absolute atomic E-state index is 0.0224. The van der Waals surface area contributed by atoms with Gasteiger partial charge in [-0.15, -0.1) is 0 Å². The van der Waals surface area contributed by atoms with Crippen LogP contribution >= 0.6 is 0 Å². The van der Waals surface area contributed by atoms with Crippen LogP contribution in [0.15, 0.2) is 0 Å². The van der Waals surface area contributed by atoms with Crippen LogP contribution < -0.4 is 5.32 Å². The minimum Gasteiger partial charge on any atom is -0.346 e. The van der Waals surface area contributed by atoms with Gasteiger partial charge in [-0.05, 0) is 26.7 Å². The van der Waals surface area contributed by atoms with E-state index < -0.39 is 0 Å². The van der Waals surface area contributed by atoms with Crippen LogP contribution in [0.1, 0.15) is 46.0 Å². The predicted octanol–water partition coefficient (Wildman–Crippen LogP) is 1.66. The SMILES string of the molecule is CC(=O)[C@@H](C)NC(=O)C1CCCCC1.